The Morgan fingerprint density at radius 1 is 1.04 bits per heavy atom. The molecule has 0 N–H and O–H groups in total. The van der Waals surface area contributed by atoms with Crippen molar-refractivity contribution in [3.63, 3.8) is 0 Å². The highest BCUT2D eigenvalue weighted by Gasteiger charge is 2.59. The third-order valence-electron chi connectivity index (χ3n) is 6.45. The average molecular weight is 372 g/mol. The molecule has 0 fully saturated rings. The van der Waals surface area contributed by atoms with E-state index < -0.39 is 0 Å². The SMILES string of the molecule is C/C=C(/C1=C(OCC)C2(C=C1)N(C)c1ccccc1C2(C)C)c1ccccc1. The van der Waals surface area contributed by atoms with Gasteiger partial charge in [-0.1, -0.05) is 74.5 Å². The van der Waals surface area contributed by atoms with Crippen molar-refractivity contribution in [3.8, 4) is 0 Å². The zero-order valence-corrected chi connectivity index (χ0v) is 17.5. The molecule has 144 valence electrons. The van der Waals surface area contributed by atoms with Crippen LogP contribution in [0.4, 0.5) is 5.69 Å². The number of benzene rings is 2. The fraction of sp³-hybridized carbons (Fsp3) is 0.308. The van der Waals surface area contributed by atoms with Gasteiger partial charge in [-0.3, -0.25) is 0 Å². The molecule has 28 heavy (non-hydrogen) atoms. The summed E-state index contributed by atoms with van der Waals surface area (Å²) in [6, 6.07) is 19.3. The first-order valence-corrected chi connectivity index (χ1v) is 10.1. The Morgan fingerprint density at radius 3 is 2.36 bits per heavy atom. The quantitative estimate of drug-likeness (QED) is 0.642. The third kappa shape index (κ3) is 2.33. The van der Waals surface area contributed by atoms with Gasteiger partial charge in [-0.15, -0.1) is 0 Å². The van der Waals surface area contributed by atoms with Gasteiger partial charge < -0.3 is 9.64 Å². The maximum absolute atomic E-state index is 6.43. The van der Waals surface area contributed by atoms with Gasteiger partial charge in [-0.05, 0) is 42.7 Å². The summed E-state index contributed by atoms with van der Waals surface area (Å²) in [5.74, 6) is 1.05. The molecule has 1 aliphatic heterocycles. The molecule has 2 aromatic carbocycles. The van der Waals surface area contributed by atoms with E-state index in [1.54, 1.807) is 0 Å². The van der Waals surface area contributed by atoms with Crippen LogP contribution in [0.15, 0.2) is 84.2 Å². The normalized spacial score (nSPS) is 22.9. The number of para-hydroxylation sites is 1. The van der Waals surface area contributed by atoms with Crippen molar-refractivity contribution in [2.45, 2.75) is 38.6 Å². The van der Waals surface area contributed by atoms with E-state index in [1.165, 1.54) is 28.0 Å². The molecule has 1 spiro atoms. The average Bonchev–Trinajstić information content (AvgIpc) is 3.16. The van der Waals surface area contributed by atoms with Crippen LogP contribution in [0.1, 0.15) is 38.8 Å². The number of fused-ring (bicyclic) bond motifs is 1. The Morgan fingerprint density at radius 2 is 1.71 bits per heavy atom. The standard InChI is InChI=1S/C26H29NO/c1-6-20(19-13-9-8-10-14-19)21-17-18-26(24(21)28-7-2)25(3,4)22-15-11-12-16-23(22)27(26)5/h6,8-18H,7H2,1-5H3/b20-6+. The number of likely N-dealkylation sites (N-methyl/N-ethyl adjacent to an activating group) is 1. The van der Waals surface area contributed by atoms with E-state index in [0.717, 1.165) is 5.76 Å². The lowest BCUT2D eigenvalue weighted by molar-refractivity contribution is 0.166. The van der Waals surface area contributed by atoms with Gasteiger partial charge in [-0.2, -0.15) is 0 Å². The van der Waals surface area contributed by atoms with Crippen LogP contribution < -0.4 is 4.90 Å². The first-order chi connectivity index (χ1) is 13.5. The molecule has 0 bridgehead atoms. The Labute approximate surface area is 168 Å². The number of nitrogens with zero attached hydrogens (tertiary/aromatic N) is 1. The van der Waals surface area contributed by atoms with Crippen molar-refractivity contribution in [3.05, 3.63) is 95.3 Å². The second-order valence-electron chi connectivity index (χ2n) is 8.05. The molecule has 1 aliphatic carbocycles. The first-order valence-electron chi connectivity index (χ1n) is 10.1. The molecule has 1 atom stereocenters. The molecule has 4 rings (SSSR count). The molecule has 0 saturated heterocycles. The molecule has 0 saturated carbocycles. The molecule has 2 heteroatoms. The number of ether oxygens (including phenoxy) is 1. The van der Waals surface area contributed by atoms with Gasteiger partial charge in [0.1, 0.15) is 11.3 Å². The number of rotatable bonds is 4. The van der Waals surface area contributed by atoms with Gasteiger partial charge in [0.15, 0.2) is 0 Å². The van der Waals surface area contributed by atoms with Crippen molar-refractivity contribution in [1.82, 2.24) is 0 Å². The lowest BCUT2D eigenvalue weighted by atomic mass is 9.69. The van der Waals surface area contributed by atoms with E-state index in [-0.39, 0.29) is 11.0 Å². The highest BCUT2D eigenvalue weighted by Crippen LogP contribution is 2.58. The fourth-order valence-corrected chi connectivity index (χ4v) is 5.07. The monoisotopic (exact) mass is 371 g/mol. The molecule has 2 nitrogen and oxygen atoms in total. The minimum absolute atomic E-state index is 0.114. The van der Waals surface area contributed by atoms with Crippen molar-refractivity contribution in [2.24, 2.45) is 0 Å². The van der Waals surface area contributed by atoms with Crippen LogP contribution in [-0.2, 0) is 10.2 Å². The minimum atomic E-state index is -0.328. The summed E-state index contributed by atoms with van der Waals surface area (Å²) < 4.78 is 6.43. The Hall–Kier alpha value is -2.74. The number of anilines is 1. The summed E-state index contributed by atoms with van der Waals surface area (Å²) in [6.45, 7) is 9.49. The second kappa shape index (κ2) is 6.70. The van der Waals surface area contributed by atoms with Gasteiger partial charge in [0.2, 0.25) is 0 Å². The Kier molecular flexibility index (Phi) is 4.45. The number of hydrogen-bond acceptors (Lipinski definition) is 2. The zero-order chi connectivity index (χ0) is 19.9. The topological polar surface area (TPSA) is 12.5 Å². The minimum Gasteiger partial charge on any atom is -0.495 e. The van der Waals surface area contributed by atoms with E-state index in [0.29, 0.717) is 6.61 Å². The van der Waals surface area contributed by atoms with E-state index in [9.17, 15) is 0 Å². The van der Waals surface area contributed by atoms with Crippen LogP contribution in [-0.4, -0.2) is 19.2 Å². The predicted octanol–water partition coefficient (Wildman–Crippen LogP) is 6.12. The van der Waals surface area contributed by atoms with Gasteiger partial charge in [0.25, 0.3) is 0 Å². The van der Waals surface area contributed by atoms with Crippen molar-refractivity contribution >= 4 is 11.3 Å². The number of allylic oxidation sites excluding steroid dienone is 4. The van der Waals surface area contributed by atoms with Gasteiger partial charge in [0.05, 0.1) is 6.61 Å². The molecule has 2 aliphatic rings. The summed E-state index contributed by atoms with van der Waals surface area (Å²) >= 11 is 0. The zero-order valence-electron chi connectivity index (χ0n) is 17.5. The Balaban J connectivity index is 1.94. The second-order valence-corrected chi connectivity index (χ2v) is 8.05. The summed E-state index contributed by atoms with van der Waals surface area (Å²) in [5.41, 5.74) is 5.82. The highest BCUT2D eigenvalue weighted by atomic mass is 16.5. The smallest absolute Gasteiger partial charge is 0.134 e. The predicted molar refractivity (Wildman–Crippen MR) is 118 cm³/mol. The molecular weight excluding hydrogens is 342 g/mol. The van der Waals surface area contributed by atoms with Gasteiger partial charge in [-0.25, -0.2) is 0 Å². The van der Waals surface area contributed by atoms with Gasteiger partial charge >= 0.3 is 0 Å². The molecule has 1 unspecified atom stereocenters. The van der Waals surface area contributed by atoms with Gasteiger partial charge in [0, 0.05) is 23.7 Å². The first kappa shape index (κ1) is 18.6. The highest BCUT2D eigenvalue weighted by molar-refractivity contribution is 5.86. The summed E-state index contributed by atoms with van der Waals surface area (Å²) in [7, 11) is 2.19. The summed E-state index contributed by atoms with van der Waals surface area (Å²) in [4.78, 5) is 2.40. The van der Waals surface area contributed by atoms with Crippen molar-refractivity contribution < 1.29 is 4.74 Å². The maximum Gasteiger partial charge on any atom is 0.134 e. The van der Waals surface area contributed by atoms with Crippen LogP contribution >= 0.6 is 0 Å². The lowest BCUT2D eigenvalue weighted by Gasteiger charge is -2.44. The maximum atomic E-state index is 6.43. The van der Waals surface area contributed by atoms with E-state index in [2.05, 4.69) is 112 Å². The van der Waals surface area contributed by atoms with Crippen LogP contribution in [0.25, 0.3) is 5.57 Å². The third-order valence-corrected chi connectivity index (χ3v) is 6.45. The van der Waals surface area contributed by atoms with Crippen LogP contribution in [0, 0.1) is 0 Å². The molecule has 1 heterocycles. The number of hydrogen-bond donors (Lipinski definition) is 0. The van der Waals surface area contributed by atoms with E-state index >= 15 is 0 Å². The summed E-state index contributed by atoms with van der Waals surface area (Å²) in [6.07, 6.45) is 6.80. The van der Waals surface area contributed by atoms with E-state index in [4.69, 9.17) is 4.74 Å². The van der Waals surface area contributed by atoms with Crippen LogP contribution in [0.2, 0.25) is 0 Å². The van der Waals surface area contributed by atoms with E-state index in [1.807, 2.05) is 0 Å². The molecule has 0 radical (unpaired) electrons. The molecule has 2 aromatic rings. The van der Waals surface area contributed by atoms with Crippen LogP contribution in [0.3, 0.4) is 0 Å². The largest absolute Gasteiger partial charge is 0.495 e. The van der Waals surface area contributed by atoms with Crippen molar-refractivity contribution in [2.75, 3.05) is 18.6 Å². The summed E-state index contributed by atoms with van der Waals surface area (Å²) in [5, 5.41) is 0. The van der Waals surface area contributed by atoms with Crippen LogP contribution in [0.5, 0.6) is 0 Å². The Bertz CT molecular complexity index is 981. The lowest BCUT2D eigenvalue weighted by Crippen LogP contribution is -2.54. The van der Waals surface area contributed by atoms with Crippen molar-refractivity contribution in [1.29, 1.82) is 0 Å². The molecule has 0 aromatic heterocycles. The molecular formula is C26H29NO. The fourth-order valence-electron chi connectivity index (χ4n) is 5.07. The molecule has 0 amide bonds.